The van der Waals surface area contributed by atoms with Crippen LogP contribution in [0.4, 0.5) is 4.79 Å². The molecule has 0 aromatic carbocycles. The van der Waals surface area contributed by atoms with Crippen LogP contribution in [0, 0.1) is 12.3 Å². The number of hydrogen-bond acceptors (Lipinski definition) is 2. The summed E-state index contributed by atoms with van der Waals surface area (Å²) >= 11 is 0. The van der Waals surface area contributed by atoms with Crippen LogP contribution in [0.1, 0.15) is 26.7 Å². The number of carbonyl (C=O) groups excluding carboxylic acids is 2. The van der Waals surface area contributed by atoms with Crippen molar-refractivity contribution in [3.63, 3.8) is 0 Å². The first-order valence-corrected chi connectivity index (χ1v) is 4.69. The van der Waals surface area contributed by atoms with E-state index in [1.807, 2.05) is 13.8 Å². The number of terminal acetylenes is 1. The predicted octanol–water partition coefficient (Wildman–Crippen LogP) is 0.730. The molecule has 1 N–H and O–H groups in total. The summed E-state index contributed by atoms with van der Waals surface area (Å²) in [6.45, 7) is 3.94. The number of nitrogens with zero attached hydrogens (tertiary/aromatic N) is 1. The Kier molecular flexibility index (Phi) is 2.80. The molecular formula is C10H14N2O2. The van der Waals surface area contributed by atoms with Crippen molar-refractivity contribution in [2.75, 3.05) is 6.54 Å². The van der Waals surface area contributed by atoms with Crippen LogP contribution in [0.5, 0.6) is 0 Å². The Balaban J connectivity index is 3.05. The number of amides is 3. The summed E-state index contributed by atoms with van der Waals surface area (Å²) in [5, 5.41) is 2.30. The lowest BCUT2D eigenvalue weighted by Crippen LogP contribution is -2.48. The van der Waals surface area contributed by atoms with Gasteiger partial charge in [-0.2, -0.15) is 0 Å². The number of imide groups is 1. The zero-order valence-electron chi connectivity index (χ0n) is 8.46. The van der Waals surface area contributed by atoms with Gasteiger partial charge in [0.05, 0.1) is 6.54 Å². The molecule has 1 rings (SSSR count). The second kappa shape index (κ2) is 3.70. The minimum absolute atomic E-state index is 0.180. The fraction of sp³-hybridized carbons (Fsp3) is 0.600. The smallest absolute Gasteiger partial charge is 0.299 e. The van der Waals surface area contributed by atoms with Crippen molar-refractivity contribution in [1.82, 2.24) is 10.2 Å². The van der Waals surface area contributed by atoms with Crippen LogP contribution in [-0.2, 0) is 4.79 Å². The van der Waals surface area contributed by atoms with E-state index in [1.165, 1.54) is 4.90 Å². The summed E-state index contributed by atoms with van der Waals surface area (Å²) in [5.74, 6) is 2.16. The van der Waals surface area contributed by atoms with Crippen LogP contribution in [-0.4, -0.2) is 28.9 Å². The molecule has 1 saturated heterocycles. The molecule has 0 spiro atoms. The molecule has 0 aliphatic carbocycles. The van der Waals surface area contributed by atoms with E-state index >= 15 is 0 Å². The Hall–Kier alpha value is -1.50. The summed E-state index contributed by atoms with van der Waals surface area (Å²) in [5.41, 5.74) is -0.733. The number of carbonyl (C=O) groups is 2. The monoisotopic (exact) mass is 194 g/mol. The highest BCUT2D eigenvalue weighted by molar-refractivity contribution is 6.07. The first-order chi connectivity index (χ1) is 6.62. The molecule has 0 aromatic rings. The summed E-state index contributed by atoms with van der Waals surface area (Å²) in [4.78, 5) is 24.5. The number of urea groups is 1. The van der Waals surface area contributed by atoms with Crippen LogP contribution in [0.2, 0.25) is 0 Å². The summed E-state index contributed by atoms with van der Waals surface area (Å²) in [6, 6.07) is -0.378. The molecule has 4 nitrogen and oxygen atoms in total. The molecule has 14 heavy (non-hydrogen) atoms. The summed E-state index contributed by atoms with van der Waals surface area (Å²) in [7, 11) is 0. The molecule has 0 saturated carbocycles. The number of hydrogen-bond donors (Lipinski definition) is 1. The average Bonchev–Trinajstić information content (AvgIpc) is 2.40. The molecule has 0 aromatic heterocycles. The molecule has 0 atom stereocenters. The van der Waals surface area contributed by atoms with Gasteiger partial charge in [0.1, 0.15) is 5.54 Å². The van der Waals surface area contributed by atoms with Crippen LogP contribution in [0.3, 0.4) is 0 Å². The third-order valence-electron chi connectivity index (χ3n) is 2.82. The van der Waals surface area contributed by atoms with Gasteiger partial charge in [-0.05, 0) is 12.8 Å². The van der Waals surface area contributed by atoms with Crippen LogP contribution >= 0.6 is 0 Å². The first-order valence-electron chi connectivity index (χ1n) is 4.69. The van der Waals surface area contributed by atoms with Gasteiger partial charge in [0.2, 0.25) is 0 Å². The average molecular weight is 194 g/mol. The summed E-state index contributed by atoms with van der Waals surface area (Å²) in [6.07, 6.45) is 6.34. The van der Waals surface area contributed by atoms with Gasteiger partial charge in [-0.1, -0.05) is 19.8 Å². The lowest BCUT2D eigenvalue weighted by molar-refractivity contribution is -0.126. The number of nitrogens with one attached hydrogen (secondary N) is 1. The SMILES string of the molecule is C#CCN1C(=O)NC(=O)C1(CC)CC. The van der Waals surface area contributed by atoms with Gasteiger partial charge in [-0.25, -0.2) is 4.79 Å². The molecule has 3 amide bonds. The van der Waals surface area contributed by atoms with Crippen molar-refractivity contribution in [3.8, 4) is 12.3 Å². The van der Waals surface area contributed by atoms with E-state index < -0.39 is 5.54 Å². The largest absolute Gasteiger partial charge is 0.325 e. The number of rotatable bonds is 3. The Morgan fingerprint density at radius 3 is 2.43 bits per heavy atom. The first kappa shape index (κ1) is 10.6. The zero-order valence-corrected chi connectivity index (χ0v) is 8.46. The van der Waals surface area contributed by atoms with Crippen molar-refractivity contribution in [2.45, 2.75) is 32.2 Å². The molecule has 0 bridgehead atoms. The Bertz CT molecular complexity index is 300. The van der Waals surface area contributed by atoms with Gasteiger partial charge >= 0.3 is 6.03 Å². The van der Waals surface area contributed by atoms with Crippen molar-refractivity contribution < 1.29 is 9.59 Å². The normalized spacial score (nSPS) is 19.4. The van der Waals surface area contributed by atoms with Gasteiger partial charge in [0, 0.05) is 0 Å². The van der Waals surface area contributed by atoms with E-state index in [1.54, 1.807) is 0 Å². The van der Waals surface area contributed by atoms with E-state index in [4.69, 9.17) is 6.42 Å². The Morgan fingerprint density at radius 2 is 2.00 bits per heavy atom. The van der Waals surface area contributed by atoms with Gasteiger partial charge < -0.3 is 0 Å². The van der Waals surface area contributed by atoms with Crippen molar-refractivity contribution in [1.29, 1.82) is 0 Å². The van der Waals surface area contributed by atoms with Crippen LogP contribution in [0.15, 0.2) is 0 Å². The summed E-state index contributed by atoms with van der Waals surface area (Å²) < 4.78 is 0. The van der Waals surface area contributed by atoms with Gasteiger partial charge in [0.15, 0.2) is 0 Å². The van der Waals surface area contributed by atoms with E-state index in [0.717, 1.165) is 0 Å². The molecular weight excluding hydrogens is 180 g/mol. The quantitative estimate of drug-likeness (QED) is 0.532. The lowest BCUT2D eigenvalue weighted by atomic mass is 9.91. The molecule has 76 valence electrons. The molecule has 1 fully saturated rings. The van der Waals surface area contributed by atoms with Gasteiger partial charge in [0.25, 0.3) is 5.91 Å². The van der Waals surface area contributed by atoms with E-state index in [2.05, 4.69) is 11.2 Å². The van der Waals surface area contributed by atoms with Crippen LogP contribution < -0.4 is 5.32 Å². The van der Waals surface area contributed by atoms with Crippen molar-refractivity contribution in [2.24, 2.45) is 0 Å². The van der Waals surface area contributed by atoms with E-state index in [-0.39, 0.29) is 18.5 Å². The highest BCUT2D eigenvalue weighted by Gasteiger charge is 2.49. The third-order valence-corrected chi connectivity index (χ3v) is 2.82. The highest BCUT2D eigenvalue weighted by atomic mass is 16.2. The minimum atomic E-state index is -0.733. The molecule has 0 radical (unpaired) electrons. The maximum Gasteiger partial charge on any atom is 0.325 e. The second-order valence-electron chi connectivity index (χ2n) is 3.29. The maximum absolute atomic E-state index is 11.6. The Morgan fingerprint density at radius 1 is 1.43 bits per heavy atom. The zero-order chi connectivity index (χ0) is 10.8. The minimum Gasteiger partial charge on any atom is -0.299 e. The van der Waals surface area contributed by atoms with Gasteiger partial charge in [-0.3, -0.25) is 15.0 Å². The molecule has 1 aliphatic heterocycles. The fourth-order valence-electron chi connectivity index (χ4n) is 1.87. The van der Waals surface area contributed by atoms with Gasteiger partial charge in [-0.15, -0.1) is 6.42 Å². The fourth-order valence-corrected chi connectivity index (χ4v) is 1.87. The van der Waals surface area contributed by atoms with Crippen LogP contribution in [0.25, 0.3) is 0 Å². The molecule has 0 unspecified atom stereocenters. The van der Waals surface area contributed by atoms with Crippen molar-refractivity contribution in [3.05, 3.63) is 0 Å². The third kappa shape index (κ3) is 1.25. The van der Waals surface area contributed by atoms with E-state index in [0.29, 0.717) is 12.8 Å². The Labute approximate surface area is 83.6 Å². The molecule has 4 heteroatoms. The lowest BCUT2D eigenvalue weighted by Gasteiger charge is -2.31. The molecule has 1 aliphatic rings. The highest BCUT2D eigenvalue weighted by Crippen LogP contribution is 2.28. The second-order valence-corrected chi connectivity index (χ2v) is 3.29. The molecule has 1 heterocycles. The van der Waals surface area contributed by atoms with E-state index in [9.17, 15) is 9.59 Å². The topological polar surface area (TPSA) is 49.4 Å². The standard InChI is InChI=1S/C10H14N2O2/c1-4-7-12-9(14)11-8(13)10(12,5-2)6-3/h1H,5-7H2,2-3H3,(H,11,13,14). The van der Waals surface area contributed by atoms with Crippen molar-refractivity contribution >= 4 is 11.9 Å². The predicted molar refractivity (Wildman–Crippen MR) is 52.4 cm³/mol. The maximum atomic E-state index is 11.6.